The van der Waals surface area contributed by atoms with Crippen molar-refractivity contribution in [1.29, 1.82) is 0 Å². The molecule has 1 N–H and O–H groups in total. The number of nitrogens with zero attached hydrogens (tertiary/aromatic N) is 1. The van der Waals surface area contributed by atoms with Gasteiger partial charge in [0.25, 0.3) is 0 Å². The fourth-order valence-electron chi connectivity index (χ4n) is 5.28. The third kappa shape index (κ3) is 1.82. The highest BCUT2D eigenvalue weighted by Crippen LogP contribution is 2.55. The molecule has 4 aliphatic carbocycles. The maximum absolute atomic E-state index is 3.94. The normalized spacial score (nSPS) is 41.5. The predicted molar refractivity (Wildman–Crippen MR) is 73.2 cm³/mol. The van der Waals surface area contributed by atoms with Crippen LogP contribution < -0.4 is 5.32 Å². The van der Waals surface area contributed by atoms with E-state index in [1.54, 1.807) is 0 Å². The number of nitrogens with one attached hydrogen (secondary N) is 1. The predicted octanol–water partition coefficient (Wildman–Crippen LogP) is 3.08. The van der Waals surface area contributed by atoms with Crippen LogP contribution in [0.4, 0.5) is 0 Å². The van der Waals surface area contributed by atoms with Gasteiger partial charge in [0.05, 0.1) is 0 Å². The minimum absolute atomic E-state index is 0.505. The minimum Gasteiger partial charge on any atom is -0.357 e. The number of aromatic nitrogens is 1. The summed E-state index contributed by atoms with van der Waals surface area (Å²) in [7, 11) is 2.11. The molecule has 5 rings (SSSR count). The van der Waals surface area contributed by atoms with E-state index in [2.05, 4.69) is 35.4 Å². The number of hydrogen-bond acceptors (Lipinski definition) is 1. The van der Waals surface area contributed by atoms with Crippen molar-refractivity contribution in [3.63, 3.8) is 0 Å². The molecule has 2 nitrogen and oxygen atoms in total. The van der Waals surface area contributed by atoms with Gasteiger partial charge in [-0.15, -0.1) is 0 Å². The van der Waals surface area contributed by atoms with Gasteiger partial charge < -0.3 is 9.88 Å². The lowest BCUT2D eigenvalue weighted by Crippen LogP contribution is -2.58. The summed E-state index contributed by atoms with van der Waals surface area (Å²) in [6, 6.07) is 2.24. The van der Waals surface area contributed by atoms with Crippen molar-refractivity contribution >= 4 is 0 Å². The molecule has 4 aliphatic rings. The van der Waals surface area contributed by atoms with E-state index in [-0.39, 0.29) is 0 Å². The third-order valence-electron chi connectivity index (χ3n) is 5.60. The number of hydrogen-bond donors (Lipinski definition) is 1. The summed E-state index contributed by atoms with van der Waals surface area (Å²) in [4.78, 5) is 0. The van der Waals surface area contributed by atoms with Crippen LogP contribution in [-0.4, -0.2) is 10.1 Å². The Morgan fingerprint density at radius 2 is 1.78 bits per heavy atom. The van der Waals surface area contributed by atoms with E-state index in [9.17, 15) is 0 Å². The van der Waals surface area contributed by atoms with Crippen molar-refractivity contribution in [1.82, 2.24) is 9.88 Å². The maximum atomic E-state index is 3.94. The first-order valence-electron chi connectivity index (χ1n) is 7.57. The topological polar surface area (TPSA) is 17.0 Å². The Bertz CT molecular complexity index is 410. The highest BCUT2D eigenvalue weighted by molar-refractivity contribution is 5.12. The monoisotopic (exact) mass is 244 g/mol. The van der Waals surface area contributed by atoms with Gasteiger partial charge in [0.15, 0.2) is 0 Å². The summed E-state index contributed by atoms with van der Waals surface area (Å²) in [6.07, 6.45) is 13.3. The first-order valence-corrected chi connectivity index (χ1v) is 7.57. The molecule has 4 fully saturated rings. The first kappa shape index (κ1) is 11.1. The van der Waals surface area contributed by atoms with Gasteiger partial charge >= 0.3 is 0 Å². The van der Waals surface area contributed by atoms with Crippen LogP contribution in [0.3, 0.4) is 0 Å². The van der Waals surface area contributed by atoms with Crippen LogP contribution in [0.1, 0.15) is 44.1 Å². The second kappa shape index (κ2) is 3.86. The summed E-state index contributed by atoms with van der Waals surface area (Å²) in [5.41, 5.74) is 1.94. The van der Waals surface area contributed by atoms with Crippen molar-refractivity contribution < 1.29 is 0 Å². The van der Waals surface area contributed by atoms with E-state index < -0.39 is 0 Å². The molecule has 1 aromatic heterocycles. The molecule has 1 aromatic rings. The molecule has 4 saturated carbocycles. The maximum Gasteiger partial charge on any atom is 0.0225 e. The zero-order chi connectivity index (χ0) is 12.2. The fourth-order valence-corrected chi connectivity index (χ4v) is 5.28. The van der Waals surface area contributed by atoms with Gasteiger partial charge in [0.1, 0.15) is 0 Å². The van der Waals surface area contributed by atoms with E-state index in [0.29, 0.717) is 5.54 Å². The average molecular weight is 244 g/mol. The summed E-state index contributed by atoms with van der Waals surface area (Å²) in [5, 5.41) is 3.94. The lowest BCUT2D eigenvalue weighted by atomic mass is 9.53. The molecule has 0 unspecified atom stereocenters. The lowest BCUT2D eigenvalue weighted by molar-refractivity contribution is -0.0206. The first-order chi connectivity index (χ1) is 8.71. The number of aryl methyl sites for hydroxylation is 1. The Balaban J connectivity index is 1.47. The zero-order valence-corrected chi connectivity index (χ0v) is 11.4. The highest BCUT2D eigenvalue weighted by Gasteiger charge is 2.50. The summed E-state index contributed by atoms with van der Waals surface area (Å²) in [6.45, 7) is 1.06. The molecule has 98 valence electrons. The molecule has 0 saturated heterocycles. The molecule has 0 spiro atoms. The number of rotatable bonds is 3. The third-order valence-corrected chi connectivity index (χ3v) is 5.60. The van der Waals surface area contributed by atoms with Crippen molar-refractivity contribution in [3.8, 4) is 0 Å². The Labute approximate surface area is 110 Å². The van der Waals surface area contributed by atoms with Crippen LogP contribution >= 0.6 is 0 Å². The van der Waals surface area contributed by atoms with Crippen LogP contribution in [0.5, 0.6) is 0 Å². The molecular formula is C16H24N2. The second-order valence-corrected chi connectivity index (χ2v) is 7.24. The van der Waals surface area contributed by atoms with Crippen molar-refractivity contribution in [2.45, 2.75) is 50.6 Å². The minimum atomic E-state index is 0.505. The zero-order valence-electron chi connectivity index (χ0n) is 11.4. The summed E-state index contributed by atoms with van der Waals surface area (Å²) in [5.74, 6) is 3.12. The molecule has 2 heteroatoms. The SMILES string of the molecule is Cn1ccc(CNC23CC4CC(CC(C4)C2)C3)c1. The van der Waals surface area contributed by atoms with Crippen LogP contribution in [-0.2, 0) is 13.6 Å². The molecular weight excluding hydrogens is 220 g/mol. The second-order valence-electron chi connectivity index (χ2n) is 7.24. The Morgan fingerprint density at radius 3 is 2.28 bits per heavy atom. The molecule has 18 heavy (non-hydrogen) atoms. The van der Waals surface area contributed by atoms with Crippen molar-refractivity contribution in [2.24, 2.45) is 24.8 Å². The van der Waals surface area contributed by atoms with E-state index in [0.717, 1.165) is 24.3 Å². The van der Waals surface area contributed by atoms with Gasteiger partial charge in [0, 0.05) is 31.5 Å². The van der Waals surface area contributed by atoms with Gasteiger partial charge in [-0.25, -0.2) is 0 Å². The standard InChI is InChI=1S/C16H24N2/c1-18-3-2-12(11-18)10-17-16-7-13-4-14(8-16)6-15(5-13)9-16/h2-3,11,13-15,17H,4-10H2,1H3. The van der Waals surface area contributed by atoms with Gasteiger partial charge in [-0.2, -0.15) is 0 Å². The molecule has 4 bridgehead atoms. The smallest absolute Gasteiger partial charge is 0.0225 e. The average Bonchev–Trinajstić information content (AvgIpc) is 2.71. The highest BCUT2D eigenvalue weighted by atomic mass is 15.0. The fraction of sp³-hybridized carbons (Fsp3) is 0.750. The van der Waals surface area contributed by atoms with Crippen LogP contribution in [0.25, 0.3) is 0 Å². The van der Waals surface area contributed by atoms with Gasteiger partial charge in [-0.05, 0) is 67.9 Å². The molecule has 0 aliphatic heterocycles. The van der Waals surface area contributed by atoms with Gasteiger partial charge in [0.2, 0.25) is 0 Å². The lowest BCUT2D eigenvalue weighted by Gasteiger charge is -2.57. The Morgan fingerprint density at radius 1 is 1.17 bits per heavy atom. The van der Waals surface area contributed by atoms with Gasteiger partial charge in [-0.1, -0.05) is 0 Å². The molecule has 0 aromatic carbocycles. The van der Waals surface area contributed by atoms with E-state index in [4.69, 9.17) is 0 Å². The molecule has 0 amide bonds. The van der Waals surface area contributed by atoms with Crippen LogP contribution in [0.2, 0.25) is 0 Å². The van der Waals surface area contributed by atoms with E-state index >= 15 is 0 Å². The van der Waals surface area contributed by atoms with Crippen molar-refractivity contribution in [2.75, 3.05) is 0 Å². The van der Waals surface area contributed by atoms with Gasteiger partial charge in [-0.3, -0.25) is 0 Å². The molecule has 0 radical (unpaired) electrons. The Kier molecular flexibility index (Phi) is 2.38. The summed E-state index contributed by atoms with van der Waals surface area (Å²) >= 11 is 0. The Hall–Kier alpha value is -0.760. The quantitative estimate of drug-likeness (QED) is 0.864. The van der Waals surface area contributed by atoms with Crippen LogP contribution in [0, 0.1) is 17.8 Å². The van der Waals surface area contributed by atoms with Crippen molar-refractivity contribution in [3.05, 3.63) is 24.0 Å². The van der Waals surface area contributed by atoms with E-state index in [1.165, 1.54) is 44.1 Å². The van der Waals surface area contributed by atoms with E-state index in [1.807, 2.05) is 0 Å². The summed E-state index contributed by atoms with van der Waals surface area (Å²) < 4.78 is 2.15. The molecule has 1 heterocycles. The largest absolute Gasteiger partial charge is 0.357 e. The molecule has 0 atom stereocenters. The van der Waals surface area contributed by atoms with Crippen LogP contribution in [0.15, 0.2) is 18.5 Å².